The minimum absolute atomic E-state index is 0.476. The Labute approximate surface area is 129 Å². The molecule has 0 radical (unpaired) electrons. The Kier molecular flexibility index (Phi) is 4.25. The molecule has 0 bridgehead atoms. The molecule has 0 aliphatic heterocycles. The highest BCUT2D eigenvalue weighted by molar-refractivity contribution is 6.30. The summed E-state index contributed by atoms with van der Waals surface area (Å²) in [4.78, 5) is 9.04. The van der Waals surface area contributed by atoms with E-state index in [1.807, 2.05) is 37.3 Å². The molecule has 0 spiro atoms. The fourth-order valence-corrected chi connectivity index (χ4v) is 2.18. The van der Waals surface area contributed by atoms with Gasteiger partial charge in [-0.3, -0.25) is 0 Å². The molecule has 3 rings (SSSR count). The van der Waals surface area contributed by atoms with Crippen LogP contribution in [0.25, 0.3) is 0 Å². The average molecular weight is 304 g/mol. The summed E-state index contributed by atoms with van der Waals surface area (Å²) in [5, 5.41) is 3.96. The van der Waals surface area contributed by atoms with E-state index in [4.69, 9.17) is 16.3 Å². The minimum atomic E-state index is 0.476. The van der Waals surface area contributed by atoms with Crippen molar-refractivity contribution in [2.45, 2.75) is 32.3 Å². The van der Waals surface area contributed by atoms with E-state index in [1.165, 1.54) is 12.8 Å². The second kappa shape index (κ2) is 6.31. The molecule has 0 saturated heterocycles. The van der Waals surface area contributed by atoms with E-state index in [0.29, 0.717) is 18.4 Å². The number of rotatable bonds is 6. The van der Waals surface area contributed by atoms with E-state index < -0.39 is 0 Å². The fourth-order valence-electron chi connectivity index (χ4n) is 2.05. The third-order valence-corrected chi connectivity index (χ3v) is 3.57. The van der Waals surface area contributed by atoms with Gasteiger partial charge >= 0.3 is 0 Å². The van der Waals surface area contributed by atoms with Gasteiger partial charge in [-0.2, -0.15) is 4.98 Å². The standard InChI is InChI=1S/C16H18ClN3O/c1-2-18-14-9-15(20-16(19-14)12-5-6-12)21-10-11-3-7-13(17)8-4-11/h3-4,7-9,12H,2,5-6,10H2,1H3,(H,18,19,20). The molecule has 1 saturated carbocycles. The first kappa shape index (κ1) is 14.1. The topological polar surface area (TPSA) is 47.0 Å². The van der Waals surface area contributed by atoms with Gasteiger partial charge in [-0.15, -0.1) is 0 Å². The molecule has 110 valence electrons. The summed E-state index contributed by atoms with van der Waals surface area (Å²) in [7, 11) is 0. The van der Waals surface area contributed by atoms with Crippen LogP contribution < -0.4 is 10.1 Å². The molecule has 1 N–H and O–H groups in total. The maximum absolute atomic E-state index is 5.88. The number of nitrogens with one attached hydrogen (secondary N) is 1. The van der Waals surface area contributed by atoms with Crippen molar-refractivity contribution in [3.05, 3.63) is 46.7 Å². The molecule has 1 fully saturated rings. The van der Waals surface area contributed by atoms with Gasteiger partial charge in [0.15, 0.2) is 0 Å². The van der Waals surface area contributed by atoms with Gasteiger partial charge in [-0.1, -0.05) is 23.7 Å². The van der Waals surface area contributed by atoms with Crippen molar-refractivity contribution in [3.8, 4) is 5.88 Å². The number of halogens is 1. The Morgan fingerprint density at radius 3 is 2.67 bits per heavy atom. The highest BCUT2D eigenvalue weighted by atomic mass is 35.5. The molecule has 1 aromatic heterocycles. The molecule has 1 aromatic carbocycles. The van der Waals surface area contributed by atoms with Gasteiger partial charge in [-0.25, -0.2) is 4.98 Å². The SMILES string of the molecule is CCNc1cc(OCc2ccc(Cl)cc2)nc(C2CC2)n1. The number of aromatic nitrogens is 2. The predicted octanol–water partition coefficient (Wildman–Crippen LogP) is 4.02. The zero-order valence-electron chi connectivity index (χ0n) is 12.0. The molecule has 1 aliphatic rings. The summed E-state index contributed by atoms with van der Waals surface area (Å²) in [5.74, 6) is 2.85. The van der Waals surface area contributed by atoms with Crippen LogP contribution in [0.2, 0.25) is 5.02 Å². The van der Waals surface area contributed by atoms with Crippen LogP contribution in [0, 0.1) is 0 Å². The van der Waals surface area contributed by atoms with Gasteiger partial charge in [0.05, 0.1) is 0 Å². The second-order valence-electron chi connectivity index (χ2n) is 5.17. The normalized spacial score (nSPS) is 14.0. The van der Waals surface area contributed by atoms with Gasteiger partial charge in [0.25, 0.3) is 0 Å². The third kappa shape index (κ3) is 3.85. The van der Waals surface area contributed by atoms with Crippen molar-refractivity contribution < 1.29 is 4.74 Å². The van der Waals surface area contributed by atoms with Crippen LogP contribution in [0.5, 0.6) is 5.88 Å². The lowest BCUT2D eigenvalue weighted by Gasteiger charge is -2.10. The van der Waals surface area contributed by atoms with Crippen molar-refractivity contribution >= 4 is 17.4 Å². The fraction of sp³-hybridized carbons (Fsp3) is 0.375. The van der Waals surface area contributed by atoms with E-state index in [1.54, 1.807) is 0 Å². The van der Waals surface area contributed by atoms with Crippen molar-refractivity contribution in [3.63, 3.8) is 0 Å². The molecule has 4 nitrogen and oxygen atoms in total. The summed E-state index contributed by atoms with van der Waals surface area (Å²) in [6.07, 6.45) is 2.35. The molecule has 1 heterocycles. The van der Waals surface area contributed by atoms with E-state index >= 15 is 0 Å². The van der Waals surface area contributed by atoms with E-state index in [-0.39, 0.29) is 0 Å². The first-order valence-corrected chi connectivity index (χ1v) is 7.62. The predicted molar refractivity (Wildman–Crippen MR) is 84.0 cm³/mol. The zero-order valence-corrected chi connectivity index (χ0v) is 12.7. The average Bonchev–Trinajstić information content (AvgIpc) is 3.31. The summed E-state index contributed by atoms with van der Waals surface area (Å²) in [6.45, 7) is 3.36. The Balaban J connectivity index is 1.72. The number of hydrogen-bond donors (Lipinski definition) is 1. The lowest BCUT2D eigenvalue weighted by Crippen LogP contribution is -2.05. The molecular weight excluding hydrogens is 286 g/mol. The van der Waals surface area contributed by atoms with Gasteiger partial charge in [-0.05, 0) is 37.5 Å². The highest BCUT2D eigenvalue weighted by Crippen LogP contribution is 2.39. The van der Waals surface area contributed by atoms with Crippen LogP contribution >= 0.6 is 11.6 Å². The molecule has 2 aromatic rings. The van der Waals surface area contributed by atoms with Crippen LogP contribution in [-0.4, -0.2) is 16.5 Å². The first-order chi connectivity index (χ1) is 10.2. The smallest absolute Gasteiger partial charge is 0.219 e. The van der Waals surface area contributed by atoms with Gasteiger partial charge in [0.1, 0.15) is 18.2 Å². The first-order valence-electron chi connectivity index (χ1n) is 7.24. The number of anilines is 1. The largest absolute Gasteiger partial charge is 0.473 e. The lowest BCUT2D eigenvalue weighted by atomic mass is 10.2. The summed E-state index contributed by atoms with van der Waals surface area (Å²) in [6, 6.07) is 9.48. The van der Waals surface area contributed by atoms with E-state index in [0.717, 1.165) is 28.8 Å². The highest BCUT2D eigenvalue weighted by Gasteiger charge is 2.27. The molecular formula is C16H18ClN3O. The number of benzene rings is 1. The van der Waals surface area contributed by atoms with Crippen molar-refractivity contribution in [1.29, 1.82) is 0 Å². The van der Waals surface area contributed by atoms with Crippen LogP contribution in [0.3, 0.4) is 0 Å². The summed E-state index contributed by atoms with van der Waals surface area (Å²) >= 11 is 5.88. The van der Waals surface area contributed by atoms with Crippen LogP contribution in [0.4, 0.5) is 5.82 Å². The second-order valence-corrected chi connectivity index (χ2v) is 5.61. The molecule has 21 heavy (non-hydrogen) atoms. The van der Waals surface area contributed by atoms with Crippen LogP contribution in [-0.2, 0) is 6.61 Å². The maximum atomic E-state index is 5.88. The molecule has 0 amide bonds. The summed E-state index contributed by atoms with van der Waals surface area (Å²) in [5.41, 5.74) is 1.07. The van der Waals surface area contributed by atoms with E-state index in [9.17, 15) is 0 Å². The van der Waals surface area contributed by atoms with Gasteiger partial charge in [0.2, 0.25) is 5.88 Å². The number of nitrogens with zero attached hydrogens (tertiary/aromatic N) is 2. The number of hydrogen-bond acceptors (Lipinski definition) is 4. The molecule has 0 unspecified atom stereocenters. The quantitative estimate of drug-likeness (QED) is 0.875. The third-order valence-electron chi connectivity index (χ3n) is 3.32. The van der Waals surface area contributed by atoms with E-state index in [2.05, 4.69) is 15.3 Å². The Morgan fingerprint density at radius 2 is 2.00 bits per heavy atom. The minimum Gasteiger partial charge on any atom is -0.473 e. The number of ether oxygens (including phenoxy) is 1. The Hall–Kier alpha value is -1.81. The Bertz CT molecular complexity index is 611. The van der Waals surface area contributed by atoms with Crippen molar-refractivity contribution in [2.75, 3.05) is 11.9 Å². The zero-order chi connectivity index (χ0) is 14.7. The van der Waals surface area contributed by atoms with Gasteiger partial charge < -0.3 is 10.1 Å². The molecule has 1 aliphatic carbocycles. The summed E-state index contributed by atoms with van der Waals surface area (Å²) < 4.78 is 5.80. The Morgan fingerprint density at radius 1 is 1.24 bits per heavy atom. The van der Waals surface area contributed by atoms with Crippen molar-refractivity contribution in [2.24, 2.45) is 0 Å². The maximum Gasteiger partial charge on any atom is 0.219 e. The van der Waals surface area contributed by atoms with Gasteiger partial charge in [0, 0.05) is 23.6 Å². The molecule has 0 atom stereocenters. The van der Waals surface area contributed by atoms with Crippen LogP contribution in [0.1, 0.15) is 37.1 Å². The lowest BCUT2D eigenvalue weighted by molar-refractivity contribution is 0.292. The van der Waals surface area contributed by atoms with Crippen molar-refractivity contribution in [1.82, 2.24) is 9.97 Å². The molecule has 5 heteroatoms. The monoisotopic (exact) mass is 303 g/mol. The van der Waals surface area contributed by atoms with Crippen LogP contribution in [0.15, 0.2) is 30.3 Å².